The zero-order valence-corrected chi connectivity index (χ0v) is 12.4. The maximum Gasteiger partial charge on any atom is 0.142 e. The van der Waals surface area contributed by atoms with Gasteiger partial charge >= 0.3 is 0 Å². The first-order valence-corrected chi connectivity index (χ1v) is 6.76. The lowest BCUT2D eigenvalue weighted by Gasteiger charge is -2.15. The first kappa shape index (κ1) is 15.7. The van der Waals surface area contributed by atoms with Crippen LogP contribution in [0, 0.1) is 18.6 Å². The van der Waals surface area contributed by atoms with Gasteiger partial charge in [-0.05, 0) is 30.7 Å². The summed E-state index contributed by atoms with van der Waals surface area (Å²) in [7, 11) is 1.52. The van der Waals surface area contributed by atoms with Crippen molar-refractivity contribution in [3.8, 4) is 5.75 Å². The monoisotopic (exact) mass is 312 g/mol. The quantitative estimate of drug-likeness (QED) is 0.857. The first-order chi connectivity index (χ1) is 9.92. The Morgan fingerprint density at radius 2 is 1.90 bits per heavy atom. The van der Waals surface area contributed by atoms with Crippen molar-refractivity contribution < 1.29 is 18.6 Å². The third kappa shape index (κ3) is 3.52. The Kier molecular flexibility index (Phi) is 4.80. The molecule has 0 bridgehead atoms. The van der Waals surface area contributed by atoms with E-state index in [2.05, 4.69) is 0 Å². The lowest BCUT2D eigenvalue weighted by atomic mass is 9.99. The van der Waals surface area contributed by atoms with Crippen molar-refractivity contribution in [2.75, 3.05) is 7.11 Å². The maximum absolute atomic E-state index is 13.8. The van der Waals surface area contributed by atoms with Gasteiger partial charge in [-0.3, -0.25) is 0 Å². The fraction of sp³-hybridized carbons (Fsp3) is 0.250. The highest BCUT2D eigenvalue weighted by atomic mass is 35.5. The van der Waals surface area contributed by atoms with Gasteiger partial charge in [0.1, 0.15) is 17.4 Å². The summed E-state index contributed by atoms with van der Waals surface area (Å²) in [6, 6.07) is 7.27. The molecule has 0 aliphatic rings. The van der Waals surface area contributed by atoms with Crippen LogP contribution in [0.1, 0.15) is 22.8 Å². The number of hydrogen-bond donors (Lipinski definition) is 1. The maximum atomic E-state index is 13.8. The molecule has 0 heterocycles. The summed E-state index contributed by atoms with van der Waals surface area (Å²) >= 11 is 5.50. The molecule has 21 heavy (non-hydrogen) atoms. The standard InChI is InChI=1S/C16H15ClF2O2/c1-9-3-4-16(21-2)10(5-9)6-15(20)11-7-14(19)12(17)8-13(11)18/h3-5,7-8,15,20H,6H2,1-2H3. The molecule has 2 nitrogen and oxygen atoms in total. The van der Waals surface area contributed by atoms with Crippen LogP contribution in [0.3, 0.4) is 0 Å². The van der Waals surface area contributed by atoms with E-state index >= 15 is 0 Å². The molecule has 0 saturated heterocycles. The number of methoxy groups -OCH3 is 1. The van der Waals surface area contributed by atoms with Crippen LogP contribution in [-0.2, 0) is 6.42 Å². The van der Waals surface area contributed by atoms with Gasteiger partial charge in [0.05, 0.1) is 18.2 Å². The summed E-state index contributed by atoms with van der Waals surface area (Å²) in [5.41, 5.74) is 1.58. The number of hydrogen-bond acceptors (Lipinski definition) is 2. The molecule has 112 valence electrons. The molecule has 5 heteroatoms. The molecule has 2 rings (SSSR count). The van der Waals surface area contributed by atoms with Gasteiger partial charge in [-0.25, -0.2) is 8.78 Å². The van der Waals surface area contributed by atoms with Crippen LogP contribution in [0.2, 0.25) is 5.02 Å². The second kappa shape index (κ2) is 6.41. The second-order valence-electron chi connectivity index (χ2n) is 4.82. The van der Waals surface area contributed by atoms with Gasteiger partial charge < -0.3 is 9.84 Å². The highest BCUT2D eigenvalue weighted by molar-refractivity contribution is 6.30. The molecule has 1 atom stereocenters. The number of benzene rings is 2. The van der Waals surface area contributed by atoms with Crippen molar-refractivity contribution in [3.63, 3.8) is 0 Å². The average molecular weight is 313 g/mol. The predicted octanol–water partition coefficient (Wildman–Crippen LogP) is 4.21. The topological polar surface area (TPSA) is 29.5 Å². The van der Waals surface area contributed by atoms with Gasteiger partial charge in [0.2, 0.25) is 0 Å². The molecular formula is C16H15ClF2O2. The SMILES string of the molecule is COc1ccc(C)cc1CC(O)c1cc(F)c(Cl)cc1F. The lowest BCUT2D eigenvalue weighted by Crippen LogP contribution is -2.06. The smallest absolute Gasteiger partial charge is 0.142 e. The fourth-order valence-corrected chi connectivity index (χ4v) is 2.33. The van der Waals surface area contributed by atoms with Gasteiger partial charge in [-0.1, -0.05) is 29.3 Å². The molecule has 2 aromatic rings. The van der Waals surface area contributed by atoms with Gasteiger partial charge in [0, 0.05) is 12.0 Å². The molecular weight excluding hydrogens is 298 g/mol. The number of aryl methyl sites for hydroxylation is 1. The molecule has 2 aromatic carbocycles. The van der Waals surface area contributed by atoms with Crippen LogP contribution in [0.5, 0.6) is 5.75 Å². The molecule has 0 aliphatic carbocycles. The van der Waals surface area contributed by atoms with Crippen molar-refractivity contribution in [2.24, 2.45) is 0 Å². The number of aliphatic hydroxyl groups excluding tert-OH is 1. The zero-order chi connectivity index (χ0) is 15.6. The van der Waals surface area contributed by atoms with E-state index in [4.69, 9.17) is 16.3 Å². The van der Waals surface area contributed by atoms with Gasteiger partial charge in [0.25, 0.3) is 0 Å². The minimum atomic E-state index is -1.19. The Labute approximate surface area is 126 Å². The number of halogens is 3. The molecule has 1 unspecified atom stereocenters. The van der Waals surface area contributed by atoms with Gasteiger partial charge in [0.15, 0.2) is 0 Å². The largest absolute Gasteiger partial charge is 0.496 e. The van der Waals surface area contributed by atoms with Gasteiger partial charge in [-0.2, -0.15) is 0 Å². The number of aliphatic hydroxyl groups is 1. The molecule has 0 aromatic heterocycles. The van der Waals surface area contributed by atoms with Crippen LogP contribution in [-0.4, -0.2) is 12.2 Å². The summed E-state index contributed by atoms with van der Waals surface area (Å²) in [5, 5.41) is 9.87. The van der Waals surface area contributed by atoms with Crippen LogP contribution in [0.4, 0.5) is 8.78 Å². The van der Waals surface area contributed by atoms with E-state index in [1.807, 2.05) is 19.1 Å². The minimum Gasteiger partial charge on any atom is -0.496 e. The molecule has 0 spiro atoms. The third-order valence-electron chi connectivity index (χ3n) is 3.25. The first-order valence-electron chi connectivity index (χ1n) is 6.38. The fourth-order valence-electron chi connectivity index (χ4n) is 2.18. The van der Waals surface area contributed by atoms with Crippen LogP contribution in [0.25, 0.3) is 0 Å². The third-order valence-corrected chi connectivity index (χ3v) is 3.54. The Morgan fingerprint density at radius 3 is 2.57 bits per heavy atom. The average Bonchev–Trinajstić information content (AvgIpc) is 2.43. The van der Waals surface area contributed by atoms with E-state index in [0.717, 1.165) is 23.3 Å². The number of rotatable bonds is 4. The van der Waals surface area contributed by atoms with Gasteiger partial charge in [-0.15, -0.1) is 0 Å². The Hall–Kier alpha value is -1.65. The summed E-state index contributed by atoms with van der Waals surface area (Å²) in [5.74, 6) is -0.904. The van der Waals surface area contributed by atoms with Crippen molar-refractivity contribution in [3.05, 3.63) is 63.7 Å². The predicted molar refractivity (Wildman–Crippen MR) is 77.8 cm³/mol. The van der Waals surface area contributed by atoms with E-state index < -0.39 is 17.7 Å². The summed E-state index contributed by atoms with van der Waals surface area (Å²) in [6.45, 7) is 1.90. The summed E-state index contributed by atoms with van der Waals surface area (Å²) in [6.07, 6.45) is -1.07. The number of ether oxygens (including phenoxy) is 1. The van der Waals surface area contributed by atoms with E-state index in [0.29, 0.717) is 5.75 Å². The van der Waals surface area contributed by atoms with Crippen LogP contribution in [0.15, 0.2) is 30.3 Å². The summed E-state index contributed by atoms with van der Waals surface area (Å²) < 4.78 is 32.4. The minimum absolute atomic E-state index is 0.114. The molecule has 0 amide bonds. The van der Waals surface area contributed by atoms with Crippen LogP contribution < -0.4 is 4.74 Å². The van der Waals surface area contributed by atoms with E-state index in [1.54, 1.807) is 6.07 Å². The molecule has 0 saturated carbocycles. The molecule has 0 radical (unpaired) electrons. The Bertz CT molecular complexity index is 659. The second-order valence-corrected chi connectivity index (χ2v) is 5.23. The lowest BCUT2D eigenvalue weighted by molar-refractivity contribution is 0.172. The van der Waals surface area contributed by atoms with Crippen molar-refractivity contribution >= 4 is 11.6 Å². The zero-order valence-electron chi connectivity index (χ0n) is 11.7. The van der Waals surface area contributed by atoms with E-state index in [9.17, 15) is 13.9 Å². The van der Waals surface area contributed by atoms with Crippen molar-refractivity contribution in [1.82, 2.24) is 0 Å². The van der Waals surface area contributed by atoms with Crippen molar-refractivity contribution in [1.29, 1.82) is 0 Å². The molecule has 1 N–H and O–H groups in total. The Morgan fingerprint density at radius 1 is 1.19 bits per heavy atom. The highest BCUT2D eigenvalue weighted by Crippen LogP contribution is 2.29. The summed E-state index contributed by atoms with van der Waals surface area (Å²) in [4.78, 5) is 0. The molecule has 0 aliphatic heterocycles. The van der Waals surface area contributed by atoms with Crippen molar-refractivity contribution in [2.45, 2.75) is 19.4 Å². The highest BCUT2D eigenvalue weighted by Gasteiger charge is 2.18. The van der Waals surface area contributed by atoms with E-state index in [-0.39, 0.29) is 17.0 Å². The normalized spacial score (nSPS) is 12.3. The molecule has 0 fully saturated rings. The Balaban J connectivity index is 2.32. The van der Waals surface area contributed by atoms with Crippen LogP contribution >= 0.6 is 11.6 Å². The van der Waals surface area contributed by atoms with E-state index in [1.165, 1.54) is 7.11 Å².